The largest absolute Gasteiger partial charge is 0.354 e. The summed E-state index contributed by atoms with van der Waals surface area (Å²) in [7, 11) is -3.84. The number of benzene rings is 2. The van der Waals surface area contributed by atoms with Gasteiger partial charge >= 0.3 is 0 Å². The minimum absolute atomic E-state index is 0.135. The fourth-order valence-corrected chi connectivity index (χ4v) is 4.00. The number of nitrogens with zero attached hydrogens (tertiary/aromatic N) is 2. The lowest BCUT2D eigenvalue weighted by Gasteiger charge is -2.31. The summed E-state index contributed by atoms with van der Waals surface area (Å²) in [6.07, 6.45) is 0.979. The number of nitrogens with one attached hydrogen (secondary N) is 1. The van der Waals surface area contributed by atoms with Crippen LogP contribution in [0.25, 0.3) is 0 Å². The standard InChI is InChI=1S/C24H32FN3O4S/c1-17(2)14-26-24(30)19(4)27(15-20-8-6-18(3)7-9-20)23(29)16-28(33(5,31)32)22-12-10-21(25)11-13-22/h6-13,17,19H,14-16H2,1-5H3,(H,26,30)/t19-/m0/s1. The van der Waals surface area contributed by atoms with Crippen molar-refractivity contribution in [1.29, 1.82) is 0 Å². The maximum atomic E-state index is 13.4. The lowest BCUT2D eigenvalue weighted by Crippen LogP contribution is -2.51. The van der Waals surface area contributed by atoms with Gasteiger partial charge in [0.1, 0.15) is 18.4 Å². The molecule has 180 valence electrons. The normalized spacial score (nSPS) is 12.3. The zero-order chi connectivity index (χ0) is 24.8. The fraction of sp³-hybridized carbons (Fsp3) is 0.417. The Morgan fingerprint density at radius 3 is 2.09 bits per heavy atom. The highest BCUT2D eigenvalue weighted by atomic mass is 32.2. The number of hydrogen-bond acceptors (Lipinski definition) is 4. The van der Waals surface area contributed by atoms with Crippen LogP contribution in [0.3, 0.4) is 0 Å². The van der Waals surface area contributed by atoms with Gasteiger partial charge in [0.25, 0.3) is 0 Å². The molecule has 0 aromatic heterocycles. The van der Waals surface area contributed by atoms with Crippen LogP contribution in [-0.4, -0.2) is 50.5 Å². The molecule has 0 aliphatic carbocycles. The zero-order valence-corrected chi connectivity index (χ0v) is 20.5. The second kappa shape index (κ2) is 11.3. The first-order valence-corrected chi connectivity index (χ1v) is 12.6. The first-order valence-electron chi connectivity index (χ1n) is 10.7. The molecule has 1 N–H and O–H groups in total. The Labute approximate surface area is 195 Å². The van der Waals surface area contributed by atoms with Crippen LogP contribution in [0.5, 0.6) is 0 Å². The van der Waals surface area contributed by atoms with Gasteiger partial charge in [0.15, 0.2) is 0 Å². The van der Waals surface area contributed by atoms with E-state index in [1.807, 2.05) is 45.0 Å². The highest BCUT2D eigenvalue weighted by Crippen LogP contribution is 2.19. The third-order valence-corrected chi connectivity index (χ3v) is 6.26. The molecule has 0 heterocycles. The van der Waals surface area contributed by atoms with E-state index in [9.17, 15) is 22.4 Å². The van der Waals surface area contributed by atoms with Crippen LogP contribution in [0.1, 0.15) is 31.9 Å². The van der Waals surface area contributed by atoms with Crippen molar-refractivity contribution in [2.24, 2.45) is 5.92 Å². The second-order valence-electron chi connectivity index (χ2n) is 8.57. The molecule has 9 heteroatoms. The number of sulfonamides is 1. The zero-order valence-electron chi connectivity index (χ0n) is 19.7. The number of aryl methyl sites for hydroxylation is 1. The van der Waals surface area contributed by atoms with Crippen LogP contribution in [-0.2, 0) is 26.2 Å². The minimum atomic E-state index is -3.84. The SMILES string of the molecule is Cc1ccc(CN(C(=O)CN(c2ccc(F)cc2)S(C)(=O)=O)[C@@H](C)C(=O)NCC(C)C)cc1. The van der Waals surface area contributed by atoms with Crippen molar-refractivity contribution in [3.63, 3.8) is 0 Å². The van der Waals surface area contributed by atoms with Gasteiger partial charge in [-0.15, -0.1) is 0 Å². The lowest BCUT2D eigenvalue weighted by molar-refractivity contribution is -0.139. The van der Waals surface area contributed by atoms with E-state index in [1.54, 1.807) is 6.92 Å². The molecule has 0 fully saturated rings. The van der Waals surface area contributed by atoms with Gasteiger partial charge in [-0.1, -0.05) is 43.7 Å². The van der Waals surface area contributed by atoms with E-state index in [2.05, 4.69) is 5.32 Å². The molecule has 0 aliphatic heterocycles. The van der Waals surface area contributed by atoms with E-state index < -0.39 is 34.3 Å². The van der Waals surface area contributed by atoms with Gasteiger partial charge < -0.3 is 10.2 Å². The molecule has 0 radical (unpaired) electrons. The molecule has 0 saturated heterocycles. The first-order chi connectivity index (χ1) is 15.4. The first kappa shape index (κ1) is 26.3. The van der Waals surface area contributed by atoms with Crippen molar-refractivity contribution in [3.05, 3.63) is 65.5 Å². The Bertz CT molecular complexity index is 1050. The third-order valence-electron chi connectivity index (χ3n) is 5.12. The van der Waals surface area contributed by atoms with Crippen molar-refractivity contribution in [1.82, 2.24) is 10.2 Å². The van der Waals surface area contributed by atoms with E-state index in [-0.39, 0.29) is 24.1 Å². The Balaban J connectivity index is 2.34. The molecular weight excluding hydrogens is 445 g/mol. The summed E-state index contributed by atoms with van der Waals surface area (Å²) in [4.78, 5) is 27.5. The predicted molar refractivity (Wildman–Crippen MR) is 128 cm³/mol. The van der Waals surface area contributed by atoms with Crippen molar-refractivity contribution >= 4 is 27.5 Å². The second-order valence-corrected chi connectivity index (χ2v) is 10.5. The molecule has 33 heavy (non-hydrogen) atoms. The summed E-state index contributed by atoms with van der Waals surface area (Å²) in [5.74, 6) is -1.15. The number of carbonyl (C=O) groups is 2. The summed E-state index contributed by atoms with van der Waals surface area (Å²) in [6.45, 7) is 7.57. The summed E-state index contributed by atoms with van der Waals surface area (Å²) in [5, 5.41) is 2.83. The van der Waals surface area contributed by atoms with E-state index in [4.69, 9.17) is 0 Å². The molecule has 0 unspecified atom stereocenters. The fourth-order valence-electron chi connectivity index (χ4n) is 3.15. The lowest BCUT2D eigenvalue weighted by atomic mass is 10.1. The highest BCUT2D eigenvalue weighted by molar-refractivity contribution is 7.92. The van der Waals surface area contributed by atoms with E-state index in [0.717, 1.165) is 33.8 Å². The molecule has 2 aromatic carbocycles. The molecule has 0 saturated carbocycles. The molecule has 1 atom stereocenters. The maximum Gasteiger partial charge on any atom is 0.244 e. The van der Waals surface area contributed by atoms with Crippen LogP contribution < -0.4 is 9.62 Å². The van der Waals surface area contributed by atoms with Gasteiger partial charge in [-0.25, -0.2) is 12.8 Å². The van der Waals surface area contributed by atoms with Crippen LogP contribution >= 0.6 is 0 Å². The van der Waals surface area contributed by atoms with Crippen molar-refractivity contribution in [2.45, 2.75) is 40.3 Å². The molecule has 2 amide bonds. The Kier molecular flexibility index (Phi) is 8.99. The summed E-state index contributed by atoms with van der Waals surface area (Å²) in [5.41, 5.74) is 2.03. The smallest absolute Gasteiger partial charge is 0.244 e. The van der Waals surface area contributed by atoms with Gasteiger partial charge in [-0.3, -0.25) is 13.9 Å². The highest BCUT2D eigenvalue weighted by Gasteiger charge is 2.30. The van der Waals surface area contributed by atoms with Crippen LogP contribution in [0.15, 0.2) is 48.5 Å². The van der Waals surface area contributed by atoms with Crippen LogP contribution in [0.4, 0.5) is 10.1 Å². The molecule has 2 rings (SSSR count). The van der Waals surface area contributed by atoms with Crippen molar-refractivity contribution in [2.75, 3.05) is 23.7 Å². The molecular formula is C24H32FN3O4S. The summed E-state index contributed by atoms with van der Waals surface area (Å²) in [6, 6.07) is 11.6. The molecule has 2 aromatic rings. The number of anilines is 1. The molecule has 0 spiro atoms. The quantitative estimate of drug-likeness (QED) is 0.570. The number of carbonyl (C=O) groups excluding carboxylic acids is 2. The van der Waals surface area contributed by atoms with Crippen molar-refractivity contribution in [3.8, 4) is 0 Å². The average molecular weight is 478 g/mol. The van der Waals surface area contributed by atoms with Gasteiger partial charge in [0, 0.05) is 13.1 Å². The molecule has 7 nitrogen and oxygen atoms in total. The summed E-state index contributed by atoms with van der Waals surface area (Å²) < 4.78 is 39.1. The molecule has 0 aliphatic rings. The topological polar surface area (TPSA) is 86.8 Å². The van der Waals surface area contributed by atoms with E-state index in [1.165, 1.54) is 17.0 Å². The van der Waals surface area contributed by atoms with Crippen molar-refractivity contribution < 1.29 is 22.4 Å². The Hall–Kier alpha value is -2.94. The Morgan fingerprint density at radius 2 is 1.58 bits per heavy atom. The maximum absolute atomic E-state index is 13.4. The van der Waals surface area contributed by atoms with E-state index >= 15 is 0 Å². The number of hydrogen-bond donors (Lipinski definition) is 1. The molecule has 0 bridgehead atoms. The van der Waals surface area contributed by atoms with E-state index in [0.29, 0.717) is 6.54 Å². The monoisotopic (exact) mass is 477 g/mol. The summed E-state index contributed by atoms with van der Waals surface area (Å²) >= 11 is 0. The minimum Gasteiger partial charge on any atom is -0.354 e. The van der Waals surface area contributed by atoms with Gasteiger partial charge in [-0.05, 0) is 49.6 Å². The average Bonchev–Trinajstić information content (AvgIpc) is 2.74. The number of halogens is 1. The predicted octanol–water partition coefficient (Wildman–Crippen LogP) is 3.09. The third kappa shape index (κ3) is 7.85. The van der Waals surface area contributed by atoms with Gasteiger partial charge in [-0.2, -0.15) is 0 Å². The van der Waals surface area contributed by atoms with Crippen LogP contribution in [0.2, 0.25) is 0 Å². The van der Waals surface area contributed by atoms with Gasteiger partial charge in [0.05, 0.1) is 11.9 Å². The number of amides is 2. The number of rotatable bonds is 10. The Morgan fingerprint density at radius 1 is 1.00 bits per heavy atom. The van der Waals surface area contributed by atoms with Gasteiger partial charge in [0.2, 0.25) is 21.8 Å². The van der Waals surface area contributed by atoms with Crippen LogP contribution in [0, 0.1) is 18.7 Å².